The molecule has 0 saturated carbocycles. The zero-order chi connectivity index (χ0) is 17.3. The van der Waals surface area contributed by atoms with Crippen molar-refractivity contribution in [3.05, 3.63) is 106 Å². The molecule has 0 nitrogen and oxygen atoms in total. The molecule has 0 aromatic heterocycles. The summed E-state index contributed by atoms with van der Waals surface area (Å²) in [5, 5.41) is 4.27. The van der Waals surface area contributed by atoms with Gasteiger partial charge < -0.3 is 0 Å². The van der Waals surface area contributed by atoms with Crippen LogP contribution in [0.25, 0.3) is 0 Å². The molecule has 0 radical (unpaired) electrons. The van der Waals surface area contributed by atoms with Gasteiger partial charge in [0.15, 0.2) is 0 Å². The fourth-order valence-corrected chi connectivity index (χ4v) is 10.9. The zero-order valence-corrected chi connectivity index (χ0v) is 17.6. The predicted octanol–water partition coefficient (Wildman–Crippen LogP) is 5.89. The second-order valence-corrected chi connectivity index (χ2v) is 11.2. The highest BCUT2D eigenvalue weighted by Crippen LogP contribution is 2.58. The van der Waals surface area contributed by atoms with Gasteiger partial charge in [0.2, 0.25) is 0 Å². The van der Waals surface area contributed by atoms with Crippen molar-refractivity contribution in [2.45, 2.75) is 0 Å². The highest BCUT2D eigenvalue weighted by Gasteiger charge is 2.36. The summed E-state index contributed by atoms with van der Waals surface area (Å²) >= 11 is 7.75. The molecule has 124 valence electrons. The van der Waals surface area contributed by atoms with Crippen molar-refractivity contribution < 1.29 is 0 Å². The maximum absolute atomic E-state index is 3.90. The fourth-order valence-electron chi connectivity index (χ4n) is 3.55. The first-order chi connectivity index (χ1) is 12.2. The molecule has 25 heavy (non-hydrogen) atoms. The van der Waals surface area contributed by atoms with Gasteiger partial charge in [-0.05, 0) is 39.0 Å². The highest BCUT2D eigenvalue weighted by molar-refractivity contribution is 9.14. The van der Waals surface area contributed by atoms with Crippen LogP contribution in [-0.2, 0) is 0 Å². The van der Waals surface area contributed by atoms with Gasteiger partial charge >= 0.3 is 0 Å². The van der Waals surface area contributed by atoms with E-state index < -0.39 is 6.89 Å². The van der Waals surface area contributed by atoms with Crippen LogP contribution < -0.4 is 10.6 Å². The standard InChI is InChI=1S/C22H17Br2P/c23-20-16-25(18-12-6-2-7-13-18,19-14-8-3-9-15-19)22(21(20)24)17-10-4-1-5-11-17/h1-15H,16H2. The highest BCUT2D eigenvalue weighted by atomic mass is 79.9. The number of halogens is 2. The SMILES string of the molecule is BrC1=C(Br)C(c2ccccc2)=P(c2ccccc2)(c2ccccc2)C1. The molecule has 0 atom stereocenters. The van der Waals surface area contributed by atoms with E-state index in [0.29, 0.717) is 0 Å². The minimum atomic E-state index is -1.75. The summed E-state index contributed by atoms with van der Waals surface area (Å²) < 4.78 is 2.46. The molecular formula is C22H17Br2P. The van der Waals surface area contributed by atoms with Gasteiger partial charge in [0.1, 0.15) is 0 Å². The quantitative estimate of drug-likeness (QED) is 0.418. The molecule has 1 heterocycles. The molecule has 4 rings (SSSR count). The topological polar surface area (TPSA) is 0 Å². The van der Waals surface area contributed by atoms with Gasteiger partial charge in [-0.15, -0.1) is 0 Å². The molecule has 3 heteroatoms. The smallest absolute Gasteiger partial charge is 0.0366 e. The average Bonchev–Trinajstić information content (AvgIpc) is 2.96. The number of hydrogen-bond acceptors (Lipinski definition) is 0. The largest absolute Gasteiger partial charge is 0.0622 e. The molecule has 0 saturated heterocycles. The van der Waals surface area contributed by atoms with Crippen molar-refractivity contribution in [3.8, 4) is 0 Å². The summed E-state index contributed by atoms with van der Waals surface area (Å²) in [4.78, 5) is 0. The van der Waals surface area contributed by atoms with Crippen LogP contribution in [0.3, 0.4) is 0 Å². The van der Waals surface area contributed by atoms with Gasteiger partial charge in [0.05, 0.1) is 0 Å². The van der Waals surface area contributed by atoms with Crippen molar-refractivity contribution in [1.82, 2.24) is 0 Å². The Balaban J connectivity index is 2.15. The van der Waals surface area contributed by atoms with E-state index in [1.807, 2.05) is 0 Å². The molecule has 3 aromatic rings. The fraction of sp³-hybridized carbons (Fsp3) is 0.0455. The van der Waals surface area contributed by atoms with E-state index in [4.69, 9.17) is 0 Å². The molecule has 3 aromatic carbocycles. The molecule has 0 unspecified atom stereocenters. The molecular weight excluding hydrogens is 455 g/mol. The molecule has 1 aliphatic rings. The lowest BCUT2D eigenvalue weighted by molar-refractivity contribution is 1.67. The summed E-state index contributed by atoms with van der Waals surface area (Å²) in [5.74, 6) is 0. The predicted molar refractivity (Wildman–Crippen MR) is 119 cm³/mol. The summed E-state index contributed by atoms with van der Waals surface area (Å²) in [6.45, 7) is -1.75. The Hall–Kier alpha value is -1.34. The Bertz CT molecular complexity index is 931. The monoisotopic (exact) mass is 470 g/mol. The Labute approximate surface area is 165 Å². The summed E-state index contributed by atoms with van der Waals surface area (Å²) in [6.07, 6.45) is 1.02. The van der Waals surface area contributed by atoms with Gasteiger partial charge in [0.25, 0.3) is 0 Å². The Morgan fingerprint density at radius 3 is 1.52 bits per heavy atom. The normalized spacial score (nSPS) is 16.3. The van der Waals surface area contributed by atoms with E-state index >= 15 is 0 Å². The summed E-state index contributed by atoms with van der Waals surface area (Å²) in [6, 6.07) is 32.7. The third kappa shape index (κ3) is 2.91. The van der Waals surface area contributed by atoms with Crippen LogP contribution in [0.5, 0.6) is 0 Å². The molecule has 1 aliphatic heterocycles. The van der Waals surface area contributed by atoms with Crippen LogP contribution in [0.1, 0.15) is 5.56 Å². The summed E-state index contributed by atoms with van der Waals surface area (Å²) in [5.41, 5.74) is 1.30. The first kappa shape index (κ1) is 17.1. The number of benzene rings is 3. The van der Waals surface area contributed by atoms with Crippen LogP contribution in [0.4, 0.5) is 0 Å². The minimum Gasteiger partial charge on any atom is -0.0622 e. The van der Waals surface area contributed by atoms with Crippen LogP contribution >= 0.6 is 38.7 Å². The van der Waals surface area contributed by atoms with E-state index in [-0.39, 0.29) is 0 Å². The van der Waals surface area contributed by atoms with Crippen molar-refractivity contribution in [3.63, 3.8) is 0 Å². The van der Waals surface area contributed by atoms with Gasteiger partial charge in [-0.3, -0.25) is 0 Å². The lowest BCUT2D eigenvalue weighted by Crippen LogP contribution is -2.22. The van der Waals surface area contributed by atoms with E-state index in [9.17, 15) is 0 Å². The van der Waals surface area contributed by atoms with Crippen molar-refractivity contribution in [2.75, 3.05) is 6.16 Å². The second-order valence-electron chi connectivity index (χ2n) is 6.07. The van der Waals surface area contributed by atoms with E-state index in [2.05, 4.69) is 123 Å². The lowest BCUT2D eigenvalue weighted by atomic mass is 10.1. The lowest BCUT2D eigenvalue weighted by Gasteiger charge is -2.28. The third-order valence-electron chi connectivity index (χ3n) is 4.64. The van der Waals surface area contributed by atoms with Gasteiger partial charge in [-0.2, -0.15) is 0 Å². The van der Waals surface area contributed by atoms with E-state index in [0.717, 1.165) is 6.16 Å². The van der Waals surface area contributed by atoms with Crippen molar-refractivity contribution in [2.24, 2.45) is 0 Å². The number of allylic oxidation sites excluding steroid dienone is 2. The van der Waals surface area contributed by atoms with Gasteiger partial charge in [-0.1, -0.05) is 107 Å². The molecule has 0 bridgehead atoms. The average molecular weight is 472 g/mol. The van der Waals surface area contributed by atoms with Gasteiger partial charge in [0, 0.05) is 20.4 Å². The third-order valence-corrected chi connectivity index (χ3v) is 11.9. The number of hydrogen-bond donors (Lipinski definition) is 0. The van der Waals surface area contributed by atoms with E-state index in [1.165, 1.54) is 30.4 Å². The van der Waals surface area contributed by atoms with Crippen molar-refractivity contribution >= 4 is 54.6 Å². The van der Waals surface area contributed by atoms with E-state index in [1.54, 1.807) is 0 Å². The first-order valence-corrected chi connectivity index (χ1v) is 11.8. The Kier molecular flexibility index (Phi) is 4.86. The molecule has 0 N–H and O–H groups in total. The molecule has 0 spiro atoms. The Morgan fingerprint density at radius 1 is 0.600 bits per heavy atom. The zero-order valence-electron chi connectivity index (χ0n) is 13.6. The van der Waals surface area contributed by atoms with Crippen LogP contribution in [0, 0.1) is 0 Å². The molecule has 0 amide bonds. The molecule has 0 aliphatic carbocycles. The molecule has 0 fully saturated rings. The number of rotatable bonds is 3. The summed E-state index contributed by atoms with van der Waals surface area (Å²) in [7, 11) is 0. The van der Waals surface area contributed by atoms with Crippen LogP contribution in [-0.4, -0.2) is 11.5 Å². The maximum Gasteiger partial charge on any atom is 0.0366 e. The second kappa shape index (κ2) is 7.11. The minimum absolute atomic E-state index is 1.02. The Morgan fingerprint density at radius 2 is 1.04 bits per heavy atom. The van der Waals surface area contributed by atoms with Crippen LogP contribution in [0.2, 0.25) is 0 Å². The van der Waals surface area contributed by atoms with Crippen LogP contribution in [0.15, 0.2) is 100.0 Å². The van der Waals surface area contributed by atoms with Crippen molar-refractivity contribution in [1.29, 1.82) is 0 Å². The maximum atomic E-state index is 3.90. The first-order valence-electron chi connectivity index (χ1n) is 8.20. The van der Waals surface area contributed by atoms with Gasteiger partial charge in [-0.25, -0.2) is 0 Å².